The lowest BCUT2D eigenvalue weighted by Crippen LogP contribution is -1.99. The standard InChI is InChI=1S/C12H9N3O2/c1-13-11-7-9(12(16)17-2)8-15(11)10-5-3-4-6-14-10/h3-8H,2H3. The van der Waals surface area contributed by atoms with Gasteiger partial charge in [-0.2, -0.15) is 0 Å². The molecule has 5 nitrogen and oxygen atoms in total. The van der Waals surface area contributed by atoms with Crippen molar-refractivity contribution < 1.29 is 9.53 Å². The van der Waals surface area contributed by atoms with Crippen molar-refractivity contribution in [3.8, 4) is 5.82 Å². The van der Waals surface area contributed by atoms with Crippen LogP contribution in [0.3, 0.4) is 0 Å². The van der Waals surface area contributed by atoms with Gasteiger partial charge in [-0.05, 0) is 12.1 Å². The van der Waals surface area contributed by atoms with Crippen molar-refractivity contribution in [3.05, 3.63) is 53.6 Å². The summed E-state index contributed by atoms with van der Waals surface area (Å²) >= 11 is 0. The number of rotatable bonds is 2. The van der Waals surface area contributed by atoms with Crippen LogP contribution in [-0.4, -0.2) is 22.6 Å². The van der Waals surface area contributed by atoms with Crippen molar-refractivity contribution in [1.82, 2.24) is 9.55 Å². The molecule has 5 heteroatoms. The molecule has 0 atom stereocenters. The Kier molecular flexibility index (Phi) is 2.88. The molecule has 2 rings (SSSR count). The molecular formula is C12H9N3O2. The maximum Gasteiger partial charge on any atom is 0.340 e. The van der Waals surface area contributed by atoms with Gasteiger partial charge in [0.2, 0.25) is 11.6 Å². The Hall–Kier alpha value is -2.61. The van der Waals surface area contributed by atoms with E-state index in [1.165, 1.54) is 13.2 Å². The number of esters is 1. The molecule has 84 valence electrons. The first-order valence-electron chi connectivity index (χ1n) is 4.86. The Morgan fingerprint density at radius 1 is 1.53 bits per heavy atom. The molecule has 0 aliphatic rings. The Labute approximate surface area is 98.1 Å². The van der Waals surface area contributed by atoms with E-state index in [2.05, 4.69) is 14.6 Å². The van der Waals surface area contributed by atoms with Gasteiger partial charge < -0.3 is 9.58 Å². The fourth-order valence-electron chi connectivity index (χ4n) is 1.45. The van der Waals surface area contributed by atoms with E-state index in [9.17, 15) is 4.79 Å². The zero-order valence-electron chi connectivity index (χ0n) is 9.12. The number of carbonyl (C=O) groups is 1. The molecule has 17 heavy (non-hydrogen) atoms. The minimum absolute atomic E-state index is 0.323. The molecule has 0 aliphatic heterocycles. The van der Waals surface area contributed by atoms with Gasteiger partial charge in [0, 0.05) is 12.3 Å². The van der Waals surface area contributed by atoms with Crippen molar-refractivity contribution >= 4 is 11.8 Å². The second-order valence-corrected chi connectivity index (χ2v) is 3.25. The second-order valence-electron chi connectivity index (χ2n) is 3.25. The van der Waals surface area contributed by atoms with E-state index >= 15 is 0 Å². The van der Waals surface area contributed by atoms with Gasteiger partial charge in [-0.15, -0.1) is 0 Å². The molecule has 2 aromatic rings. The summed E-state index contributed by atoms with van der Waals surface area (Å²) in [4.78, 5) is 18.8. The summed E-state index contributed by atoms with van der Waals surface area (Å²) in [6, 6.07) is 6.84. The highest BCUT2D eigenvalue weighted by Crippen LogP contribution is 2.21. The smallest absolute Gasteiger partial charge is 0.340 e. The third kappa shape index (κ3) is 2.01. The molecule has 0 radical (unpaired) electrons. The Bertz CT molecular complexity index is 582. The number of nitrogens with zero attached hydrogens (tertiary/aromatic N) is 3. The van der Waals surface area contributed by atoms with Gasteiger partial charge in [0.1, 0.15) is 0 Å². The van der Waals surface area contributed by atoms with E-state index in [0.717, 1.165) is 0 Å². The van der Waals surface area contributed by atoms with E-state index in [1.807, 2.05) is 6.07 Å². The third-order valence-electron chi connectivity index (χ3n) is 2.23. The van der Waals surface area contributed by atoms with Crippen LogP contribution in [0.25, 0.3) is 10.7 Å². The van der Waals surface area contributed by atoms with Crippen LogP contribution in [0.2, 0.25) is 0 Å². The Morgan fingerprint density at radius 2 is 2.35 bits per heavy atom. The minimum Gasteiger partial charge on any atom is -0.465 e. The molecular weight excluding hydrogens is 218 g/mol. The first-order valence-corrected chi connectivity index (χ1v) is 4.86. The third-order valence-corrected chi connectivity index (χ3v) is 2.23. The summed E-state index contributed by atoms with van der Waals surface area (Å²) < 4.78 is 6.16. The number of hydrogen-bond acceptors (Lipinski definition) is 3. The van der Waals surface area contributed by atoms with Crippen LogP contribution in [0.4, 0.5) is 5.82 Å². The number of ether oxygens (including phenoxy) is 1. The summed E-state index contributed by atoms with van der Waals surface area (Å²) in [5.41, 5.74) is 0.337. The largest absolute Gasteiger partial charge is 0.465 e. The molecule has 2 heterocycles. The van der Waals surface area contributed by atoms with E-state index in [4.69, 9.17) is 6.57 Å². The highest BCUT2D eigenvalue weighted by atomic mass is 16.5. The van der Waals surface area contributed by atoms with E-state index < -0.39 is 5.97 Å². The summed E-state index contributed by atoms with van der Waals surface area (Å²) in [5, 5.41) is 0. The molecule has 0 aromatic carbocycles. The zero-order valence-corrected chi connectivity index (χ0v) is 9.12. The predicted molar refractivity (Wildman–Crippen MR) is 61.2 cm³/mol. The molecule has 0 aliphatic carbocycles. The lowest BCUT2D eigenvalue weighted by molar-refractivity contribution is 0.0601. The minimum atomic E-state index is -0.468. The average molecular weight is 227 g/mol. The second kappa shape index (κ2) is 4.49. The number of hydrogen-bond donors (Lipinski definition) is 0. The first-order chi connectivity index (χ1) is 8.26. The topological polar surface area (TPSA) is 48.5 Å². The van der Waals surface area contributed by atoms with Crippen LogP contribution < -0.4 is 0 Å². The van der Waals surface area contributed by atoms with Gasteiger partial charge in [0.25, 0.3) is 0 Å². The highest BCUT2D eigenvalue weighted by Gasteiger charge is 2.15. The lowest BCUT2D eigenvalue weighted by Gasteiger charge is -1.98. The summed E-state index contributed by atoms with van der Waals surface area (Å²) in [6.07, 6.45) is 3.17. The molecule has 0 unspecified atom stereocenters. The van der Waals surface area contributed by atoms with Crippen molar-refractivity contribution in [2.75, 3.05) is 7.11 Å². The van der Waals surface area contributed by atoms with Crippen LogP contribution >= 0.6 is 0 Å². The van der Waals surface area contributed by atoms with Crippen LogP contribution in [0.15, 0.2) is 36.7 Å². The van der Waals surface area contributed by atoms with Crippen LogP contribution in [-0.2, 0) is 4.74 Å². The van der Waals surface area contributed by atoms with Gasteiger partial charge in [0.15, 0.2) is 0 Å². The molecule has 2 aromatic heterocycles. The lowest BCUT2D eigenvalue weighted by atomic mass is 10.3. The maximum atomic E-state index is 11.4. The fourth-order valence-corrected chi connectivity index (χ4v) is 1.45. The van der Waals surface area contributed by atoms with Gasteiger partial charge in [-0.1, -0.05) is 12.6 Å². The maximum absolute atomic E-state index is 11.4. The van der Waals surface area contributed by atoms with Crippen molar-refractivity contribution in [1.29, 1.82) is 0 Å². The molecule has 0 saturated heterocycles. The van der Waals surface area contributed by atoms with Gasteiger partial charge in [0.05, 0.1) is 18.9 Å². The van der Waals surface area contributed by atoms with E-state index in [-0.39, 0.29) is 0 Å². The van der Waals surface area contributed by atoms with Crippen LogP contribution in [0.5, 0.6) is 0 Å². The number of carbonyl (C=O) groups excluding carboxylic acids is 1. The number of pyridine rings is 1. The molecule has 0 fully saturated rings. The SMILES string of the molecule is [C-]#[N+]c1cc(C(=O)OC)cn1-c1ccccn1. The summed E-state index contributed by atoms with van der Waals surface area (Å²) in [5.74, 6) is 0.447. The first kappa shape index (κ1) is 10.9. The monoisotopic (exact) mass is 227 g/mol. The van der Waals surface area contributed by atoms with Crippen molar-refractivity contribution in [2.45, 2.75) is 0 Å². The average Bonchev–Trinajstić information content (AvgIpc) is 2.83. The predicted octanol–water partition coefficient (Wildman–Crippen LogP) is 2.21. The zero-order chi connectivity index (χ0) is 12.3. The number of methoxy groups -OCH3 is 1. The van der Waals surface area contributed by atoms with E-state index in [1.54, 1.807) is 29.1 Å². The summed E-state index contributed by atoms with van der Waals surface area (Å²) in [6.45, 7) is 7.07. The molecule has 0 spiro atoms. The fraction of sp³-hybridized carbons (Fsp3) is 0.0833. The molecule has 0 amide bonds. The Morgan fingerprint density at radius 3 is 2.94 bits per heavy atom. The van der Waals surface area contributed by atoms with E-state index in [0.29, 0.717) is 17.2 Å². The van der Waals surface area contributed by atoms with Crippen LogP contribution in [0.1, 0.15) is 10.4 Å². The summed E-state index contributed by atoms with van der Waals surface area (Å²) in [7, 11) is 1.30. The normalized spacial score (nSPS) is 9.65. The number of aromatic nitrogens is 2. The van der Waals surface area contributed by atoms with Gasteiger partial charge in [-0.25, -0.2) is 14.3 Å². The van der Waals surface area contributed by atoms with Crippen LogP contribution in [0, 0.1) is 6.57 Å². The molecule has 0 bridgehead atoms. The van der Waals surface area contributed by atoms with Gasteiger partial charge in [-0.3, -0.25) is 0 Å². The van der Waals surface area contributed by atoms with Crippen molar-refractivity contribution in [3.63, 3.8) is 0 Å². The molecule has 0 saturated carbocycles. The Balaban J connectivity index is 2.52. The quantitative estimate of drug-likeness (QED) is 0.583. The van der Waals surface area contributed by atoms with Gasteiger partial charge >= 0.3 is 5.97 Å². The highest BCUT2D eigenvalue weighted by molar-refractivity contribution is 5.90. The molecule has 0 N–H and O–H groups in total. The van der Waals surface area contributed by atoms with Crippen molar-refractivity contribution in [2.24, 2.45) is 0 Å².